The lowest BCUT2D eigenvalue weighted by Crippen LogP contribution is -1.95. The second kappa shape index (κ2) is 2.15. The predicted octanol–water partition coefficient (Wildman–Crippen LogP) is -0.210. The predicted molar refractivity (Wildman–Crippen MR) is 39.0 cm³/mol. The molecular weight excluding hydrogens is 144 g/mol. The summed E-state index contributed by atoms with van der Waals surface area (Å²) in [6.07, 6.45) is 1.61. The average Bonchev–Trinajstić information content (AvgIpc) is 2.50. The van der Waals surface area contributed by atoms with E-state index < -0.39 is 0 Å². The van der Waals surface area contributed by atoms with Crippen molar-refractivity contribution in [1.82, 2.24) is 25.4 Å². The van der Waals surface area contributed by atoms with E-state index in [9.17, 15) is 0 Å². The number of hydrogen-bond donors (Lipinski definition) is 2. The summed E-state index contributed by atoms with van der Waals surface area (Å²) in [5.74, 6) is 0.559. The Bertz CT molecular complexity index is 366. The first-order chi connectivity index (χ1) is 5.40. The van der Waals surface area contributed by atoms with Gasteiger partial charge in [0.1, 0.15) is 5.52 Å². The molecule has 0 saturated carbocycles. The number of nitrogens with one attached hydrogen (secondary N) is 2. The topological polar surface area (TPSA) is 79.4 Å². The van der Waals surface area contributed by atoms with Gasteiger partial charge in [0, 0.05) is 7.05 Å². The van der Waals surface area contributed by atoms with E-state index in [1.807, 2.05) is 0 Å². The van der Waals surface area contributed by atoms with Crippen molar-refractivity contribution in [3.05, 3.63) is 6.20 Å². The van der Waals surface area contributed by atoms with E-state index in [4.69, 9.17) is 0 Å². The Labute approximate surface area is 62.1 Å². The summed E-state index contributed by atoms with van der Waals surface area (Å²) in [5.41, 5.74) is 1.31. The number of H-pyrrole nitrogens is 1. The Kier molecular flexibility index (Phi) is 1.18. The van der Waals surface area contributed by atoms with Gasteiger partial charge in [-0.2, -0.15) is 4.98 Å². The molecule has 0 spiro atoms. The highest BCUT2D eigenvalue weighted by molar-refractivity contribution is 5.68. The van der Waals surface area contributed by atoms with Gasteiger partial charge in [0.2, 0.25) is 5.95 Å². The van der Waals surface area contributed by atoms with Gasteiger partial charge in [-0.05, 0) is 0 Å². The van der Waals surface area contributed by atoms with Crippen LogP contribution in [0.1, 0.15) is 0 Å². The van der Waals surface area contributed by atoms with Gasteiger partial charge in [-0.25, -0.2) is 10.1 Å². The largest absolute Gasteiger partial charge is 0.357 e. The van der Waals surface area contributed by atoms with Gasteiger partial charge in [0.25, 0.3) is 0 Å². The molecule has 0 saturated heterocycles. The van der Waals surface area contributed by atoms with Crippen molar-refractivity contribution in [2.24, 2.45) is 0 Å². The number of aromatic nitrogens is 5. The maximum Gasteiger partial charge on any atom is 0.224 e. The Morgan fingerprint density at radius 3 is 3.27 bits per heavy atom. The molecule has 0 atom stereocenters. The number of rotatable bonds is 1. The molecule has 0 fully saturated rings. The lowest BCUT2D eigenvalue weighted by atomic mass is 10.6. The summed E-state index contributed by atoms with van der Waals surface area (Å²) >= 11 is 0. The van der Waals surface area contributed by atoms with Crippen molar-refractivity contribution in [1.29, 1.82) is 0 Å². The van der Waals surface area contributed by atoms with Gasteiger partial charge in [-0.1, -0.05) is 5.21 Å². The molecule has 2 rings (SSSR count). The highest BCUT2D eigenvalue weighted by Gasteiger charge is 1.99. The minimum absolute atomic E-state index is 0.559. The molecule has 0 bridgehead atoms. The van der Waals surface area contributed by atoms with Crippen LogP contribution in [0.4, 0.5) is 5.95 Å². The molecule has 11 heavy (non-hydrogen) atoms. The van der Waals surface area contributed by atoms with Gasteiger partial charge in [0.15, 0.2) is 5.65 Å². The van der Waals surface area contributed by atoms with Crippen molar-refractivity contribution in [3.63, 3.8) is 0 Å². The molecule has 0 unspecified atom stereocenters. The highest BCUT2D eigenvalue weighted by Crippen LogP contribution is 2.04. The number of aromatic amines is 1. The van der Waals surface area contributed by atoms with E-state index in [1.165, 1.54) is 0 Å². The van der Waals surface area contributed by atoms with E-state index in [1.54, 1.807) is 13.2 Å². The van der Waals surface area contributed by atoms with Crippen molar-refractivity contribution in [3.8, 4) is 0 Å². The zero-order valence-corrected chi connectivity index (χ0v) is 5.87. The van der Waals surface area contributed by atoms with E-state index in [0.29, 0.717) is 17.1 Å². The van der Waals surface area contributed by atoms with E-state index in [-0.39, 0.29) is 0 Å². The summed E-state index contributed by atoms with van der Waals surface area (Å²) in [7, 11) is 1.75. The standard InChI is InChI=1S/C5H6N6/c1-6-5-7-2-3-4(8-5)10-11-9-3/h2H,1H3,(H2,6,7,8,9,10,11). The van der Waals surface area contributed by atoms with Crippen molar-refractivity contribution >= 4 is 17.1 Å². The summed E-state index contributed by atoms with van der Waals surface area (Å²) < 4.78 is 0. The zero-order valence-electron chi connectivity index (χ0n) is 5.87. The molecule has 0 aliphatic heterocycles. The molecule has 0 amide bonds. The smallest absolute Gasteiger partial charge is 0.224 e. The van der Waals surface area contributed by atoms with Crippen LogP contribution in [-0.2, 0) is 0 Å². The first-order valence-corrected chi connectivity index (χ1v) is 3.11. The van der Waals surface area contributed by atoms with Crippen LogP contribution in [0.25, 0.3) is 11.2 Å². The van der Waals surface area contributed by atoms with Gasteiger partial charge in [-0.15, -0.1) is 5.10 Å². The van der Waals surface area contributed by atoms with E-state index in [0.717, 1.165) is 0 Å². The molecule has 0 aliphatic rings. The van der Waals surface area contributed by atoms with E-state index in [2.05, 4.69) is 30.7 Å². The van der Waals surface area contributed by atoms with Crippen LogP contribution >= 0.6 is 0 Å². The summed E-state index contributed by atoms with van der Waals surface area (Å²) in [6, 6.07) is 0. The molecule has 56 valence electrons. The minimum atomic E-state index is 0.559. The van der Waals surface area contributed by atoms with Crippen LogP contribution in [0.2, 0.25) is 0 Å². The van der Waals surface area contributed by atoms with Crippen LogP contribution in [-0.4, -0.2) is 32.4 Å². The highest BCUT2D eigenvalue weighted by atomic mass is 15.3. The summed E-state index contributed by atoms with van der Waals surface area (Å²) in [4.78, 5) is 8.00. The molecule has 2 aromatic heterocycles. The van der Waals surface area contributed by atoms with Crippen LogP contribution in [0.15, 0.2) is 6.20 Å². The molecule has 2 N–H and O–H groups in total. The minimum Gasteiger partial charge on any atom is -0.357 e. The van der Waals surface area contributed by atoms with Crippen LogP contribution in [0.3, 0.4) is 0 Å². The Balaban J connectivity index is 2.67. The molecule has 0 aromatic carbocycles. The molecule has 2 heterocycles. The summed E-state index contributed by atoms with van der Waals surface area (Å²) in [5, 5.41) is 12.8. The first-order valence-electron chi connectivity index (χ1n) is 3.11. The van der Waals surface area contributed by atoms with Crippen molar-refractivity contribution < 1.29 is 0 Å². The van der Waals surface area contributed by atoms with Crippen LogP contribution in [0, 0.1) is 0 Å². The fourth-order valence-corrected chi connectivity index (χ4v) is 0.778. The lowest BCUT2D eigenvalue weighted by Gasteiger charge is -1.93. The van der Waals surface area contributed by atoms with Crippen LogP contribution < -0.4 is 5.32 Å². The van der Waals surface area contributed by atoms with Crippen molar-refractivity contribution in [2.45, 2.75) is 0 Å². The second-order valence-corrected chi connectivity index (χ2v) is 1.99. The molecule has 0 aliphatic carbocycles. The Morgan fingerprint density at radius 1 is 1.55 bits per heavy atom. The molecule has 6 nitrogen and oxygen atoms in total. The third kappa shape index (κ3) is 0.878. The fourth-order valence-electron chi connectivity index (χ4n) is 0.778. The van der Waals surface area contributed by atoms with Crippen LogP contribution in [0.5, 0.6) is 0 Å². The van der Waals surface area contributed by atoms with Crippen molar-refractivity contribution in [2.75, 3.05) is 12.4 Å². The van der Waals surface area contributed by atoms with Gasteiger partial charge in [0.05, 0.1) is 6.20 Å². The Hall–Kier alpha value is -1.72. The molecule has 0 radical (unpaired) electrons. The number of anilines is 1. The number of hydrogen-bond acceptors (Lipinski definition) is 5. The first kappa shape index (κ1) is 6.02. The SMILES string of the molecule is CNc1ncc2nn[nH]c2n1. The number of fused-ring (bicyclic) bond motifs is 1. The maximum atomic E-state index is 4.05. The third-order valence-electron chi connectivity index (χ3n) is 1.31. The monoisotopic (exact) mass is 150 g/mol. The van der Waals surface area contributed by atoms with Gasteiger partial charge < -0.3 is 5.32 Å². The third-order valence-corrected chi connectivity index (χ3v) is 1.31. The molecular formula is C5H6N6. The molecule has 6 heteroatoms. The van der Waals surface area contributed by atoms with Gasteiger partial charge in [-0.3, -0.25) is 0 Å². The molecule has 2 aromatic rings. The number of nitrogens with zero attached hydrogens (tertiary/aromatic N) is 4. The fraction of sp³-hybridized carbons (Fsp3) is 0.200. The average molecular weight is 150 g/mol. The zero-order chi connectivity index (χ0) is 7.68. The maximum absolute atomic E-state index is 4.05. The second-order valence-electron chi connectivity index (χ2n) is 1.99. The van der Waals surface area contributed by atoms with Gasteiger partial charge >= 0.3 is 0 Å². The van der Waals surface area contributed by atoms with E-state index >= 15 is 0 Å². The Morgan fingerprint density at radius 2 is 2.45 bits per heavy atom. The quantitative estimate of drug-likeness (QED) is 0.588. The summed E-state index contributed by atoms with van der Waals surface area (Å²) in [6.45, 7) is 0. The lowest BCUT2D eigenvalue weighted by molar-refractivity contribution is 0.954. The normalized spacial score (nSPS) is 10.3.